The van der Waals surface area contributed by atoms with Gasteiger partial charge in [0.2, 0.25) is 5.91 Å². The number of aliphatic carboxylic acids is 1. The van der Waals surface area contributed by atoms with Crippen molar-refractivity contribution in [2.24, 2.45) is 0 Å². The van der Waals surface area contributed by atoms with Crippen molar-refractivity contribution in [3.8, 4) is 0 Å². The van der Waals surface area contributed by atoms with Gasteiger partial charge < -0.3 is 15.2 Å². The lowest BCUT2D eigenvalue weighted by Crippen LogP contribution is -2.45. The number of carboxylic acids is 1. The van der Waals surface area contributed by atoms with Crippen LogP contribution in [0.2, 0.25) is 0 Å². The van der Waals surface area contributed by atoms with Gasteiger partial charge in [0.05, 0.1) is 0 Å². The van der Waals surface area contributed by atoms with Gasteiger partial charge in [-0.25, -0.2) is 4.79 Å². The van der Waals surface area contributed by atoms with Gasteiger partial charge in [-0.3, -0.25) is 4.79 Å². The average Bonchev–Trinajstić information content (AvgIpc) is 2.76. The second-order valence-corrected chi connectivity index (χ2v) is 4.67. The van der Waals surface area contributed by atoms with Crippen LogP contribution in [-0.4, -0.2) is 47.7 Å². The highest BCUT2D eigenvalue weighted by atomic mass is 32.2. The molecule has 0 aromatic heterocycles. The first kappa shape index (κ1) is 13.3. The lowest BCUT2D eigenvalue weighted by Gasteiger charge is -2.16. The van der Waals surface area contributed by atoms with Crippen LogP contribution >= 0.6 is 11.8 Å². The fourth-order valence-corrected chi connectivity index (χ4v) is 2.01. The third-order valence-corrected chi connectivity index (χ3v) is 3.09. The van der Waals surface area contributed by atoms with E-state index >= 15 is 0 Å². The smallest absolute Gasteiger partial charge is 0.326 e. The van der Waals surface area contributed by atoms with Crippen molar-refractivity contribution in [2.45, 2.75) is 31.4 Å². The number of ether oxygens (including phenoxy) is 1. The van der Waals surface area contributed by atoms with Crippen molar-refractivity contribution in [1.82, 2.24) is 5.32 Å². The molecule has 16 heavy (non-hydrogen) atoms. The fraction of sp³-hybridized carbons (Fsp3) is 0.800. The largest absolute Gasteiger partial charge is 0.480 e. The molecule has 0 bridgehead atoms. The molecule has 1 aliphatic rings. The van der Waals surface area contributed by atoms with Gasteiger partial charge in [-0.15, -0.1) is 0 Å². The van der Waals surface area contributed by atoms with Gasteiger partial charge in [0.25, 0.3) is 0 Å². The standard InChI is InChI=1S/C10H17NO4S/c1-16-6-4-7(10(13)14)11-9(12)8-3-2-5-15-8/h7-8H,2-6H2,1H3,(H,11,12)(H,13,14)/t7-,8?/m0/s1. The van der Waals surface area contributed by atoms with Gasteiger partial charge in [-0.05, 0) is 31.3 Å². The minimum absolute atomic E-state index is 0.300. The van der Waals surface area contributed by atoms with E-state index in [0.717, 1.165) is 6.42 Å². The van der Waals surface area contributed by atoms with E-state index in [4.69, 9.17) is 9.84 Å². The van der Waals surface area contributed by atoms with E-state index in [0.29, 0.717) is 25.2 Å². The maximum Gasteiger partial charge on any atom is 0.326 e. The average molecular weight is 247 g/mol. The molecule has 6 heteroatoms. The van der Waals surface area contributed by atoms with E-state index in [1.807, 2.05) is 6.26 Å². The Morgan fingerprint density at radius 3 is 2.88 bits per heavy atom. The molecule has 0 aromatic carbocycles. The summed E-state index contributed by atoms with van der Waals surface area (Å²) in [7, 11) is 0. The molecule has 1 amide bonds. The van der Waals surface area contributed by atoms with Crippen LogP contribution in [0, 0.1) is 0 Å². The Kier molecular flexibility index (Phi) is 5.62. The molecule has 92 valence electrons. The van der Waals surface area contributed by atoms with Gasteiger partial charge in [-0.1, -0.05) is 0 Å². The Labute approximate surface area is 98.9 Å². The molecular formula is C10H17NO4S. The van der Waals surface area contributed by atoms with E-state index < -0.39 is 18.1 Å². The molecule has 1 heterocycles. The van der Waals surface area contributed by atoms with Crippen molar-refractivity contribution in [1.29, 1.82) is 0 Å². The summed E-state index contributed by atoms with van der Waals surface area (Å²) >= 11 is 1.56. The number of rotatable bonds is 6. The van der Waals surface area contributed by atoms with E-state index in [1.54, 1.807) is 11.8 Å². The number of carbonyl (C=O) groups is 2. The molecule has 2 N–H and O–H groups in total. The van der Waals surface area contributed by atoms with Crippen LogP contribution in [-0.2, 0) is 14.3 Å². The minimum Gasteiger partial charge on any atom is -0.480 e. The van der Waals surface area contributed by atoms with Crippen LogP contribution in [0.15, 0.2) is 0 Å². The minimum atomic E-state index is -0.986. The molecule has 1 aliphatic heterocycles. The van der Waals surface area contributed by atoms with E-state index in [1.165, 1.54) is 0 Å². The summed E-state index contributed by atoms with van der Waals surface area (Å²) in [5.41, 5.74) is 0. The summed E-state index contributed by atoms with van der Waals surface area (Å²) in [6.07, 6.45) is 3.42. The molecule has 0 saturated carbocycles. The maximum atomic E-state index is 11.6. The summed E-state index contributed by atoms with van der Waals surface area (Å²) in [4.78, 5) is 22.5. The Morgan fingerprint density at radius 1 is 1.62 bits per heavy atom. The molecule has 5 nitrogen and oxygen atoms in total. The van der Waals surface area contributed by atoms with Crippen LogP contribution in [0.1, 0.15) is 19.3 Å². The summed E-state index contributed by atoms with van der Waals surface area (Å²) in [6.45, 7) is 0.584. The zero-order valence-electron chi connectivity index (χ0n) is 9.27. The maximum absolute atomic E-state index is 11.6. The van der Waals surface area contributed by atoms with Crippen LogP contribution in [0.25, 0.3) is 0 Å². The summed E-state index contributed by atoms with van der Waals surface area (Å²) in [6, 6.07) is -0.802. The normalized spacial score (nSPS) is 21.7. The van der Waals surface area contributed by atoms with Crippen LogP contribution < -0.4 is 5.32 Å². The summed E-state index contributed by atoms with van der Waals surface area (Å²) < 4.78 is 5.19. The van der Waals surface area contributed by atoms with E-state index in [9.17, 15) is 9.59 Å². The second kappa shape index (κ2) is 6.75. The fourth-order valence-electron chi connectivity index (χ4n) is 1.54. The van der Waals surface area contributed by atoms with Crippen LogP contribution in [0.3, 0.4) is 0 Å². The first-order valence-electron chi connectivity index (χ1n) is 5.29. The Balaban J connectivity index is 2.40. The lowest BCUT2D eigenvalue weighted by atomic mass is 10.2. The van der Waals surface area contributed by atoms with Crippen molar-refractivity contribution in [2.75, 3.05) is 18.6 Å². The quantitative estimate of drug-likeness (QED) is 0.714. The topological polar surface area (TPSA) is 75.6 Å². The predicted molar refractivity (Wildman–Crippen MR) is 61.5 cm³/mol. The Bertz CT molecular complexity index is 253. The molecule has 1 fully saturated rings. The summed E-state index contributed by atoms with van der Waals surface area (Å²) in [5, 5.41) is 11.4. The molecule has 0 aliphatic carbocycles. The van der Waals surface area contributed by atoms with Crippen LogP contribution in [0.5, 0.6) is 0 Å². The zero-order chi connectivity index (χ0) is 12.0. The molecule has 2 atom stereocenters. The number of carboxylic acid groups (broad SMARTS) is 1. The highest BCUT2D eigenvalue weighted by molar-refractivity contribution is 7.98. The van der Waals surface area contributed by atoms with E-state index in [-0.39, 0.29) is 5.91 Å². The third-order valence-electron chi connectivity index (χ3n) is 2.45. The number of hydrogen-bond acceptors (Lipinski definition) is 4. The van der Waals surface area contributed by atoms with Crippen molar-refractivity contribution >= 4 is 23.6 Å². The lowest BCUT2D eigenvalue weighted by molar-refractivity contribution is -0.143. The first-order valence-corrected chi connectivity index (χ1v) is 6.68. The number of amides is 1. The molecule has 0 radical (unpaired) electrons. The number of nitrogens with one attached hydrogen (secondary N) is 1. The van der Waals surface area contributed by atoms with Crippen molar-refractivity contribution < 1.29 is 19.4 Å². The molecule has 1 rings (SSSR count). The van der Waals surface area contributed by atoms with Crippen molar-refractivity contribution in [3.63, 3.8) is 0 Å². The van der Waals surface area contributed by atoms with Gasteiger partial charge in [-0.2, -0.15) is 11.8 Å². The first-order chi connectivity index (χ1) is 7.65. The predicted octanol–water partition coefficient (Wildman–Crippen LogP) is 0.488. The Hall–Kier alpha value is -0.750. The molecule has 1 saturated heterocycles. The van der Waals surface area contributed by atoms with E-state index in [2.05, 4.69) is 5.32 Å². The highest BCUT2D eigenvalue weighted by Crippen LogP contribution is 2.12. The Morgan fingerprint density at radius 2 is 2.38 bits per heavy atom. The molecule has 1 unspecified atom stereocenters. The van der Waals surface area contributed by atoms with Gasteiger partial charge >= 0.3 is 5.97 Å². The number of hydrogen-bond donors (Lipinski definition) is 2. The van der Waals surface area contributed by atoms with Gasteiger partial charge in [0.15, 0.2) is 0 Å². The van der Waals surface area contributed by atoms with Gasteiger partial charge in [0, 0.05) is 6.61 Å². The molecule has 0 spiro atoms. The SMILES string of the molecule is CSCC[C@H](NC(=O)C1CCCO1)C(=O)O. The molecule has 0 aromatic rings. The van der Waals surface area contributed by atoms with Gasteiger partial charge in [0.1, 0.15) is 12.1 Å². The number of thioether (sulfide) groups is 1. The monoisotopic (exact) mass is 247 g/mol. The summed E-state index contributed by atoms with van der Waals surface area (Å²) in [5.74, 6) is -0.575. The third kappa shape index (κ3) is 4.02. The highest BCUT2D eigenvalue weighted by Gasteiger charge is 2.27. The zero-order valence-corrected chi connectivity index (χ0v) is 10.1. The molecular weight excluding hydrogens is 230 g/mol. The second-order valence-electron chi connectivity index (χ2n) is 3.68. The number of carbonyl (C=O) groups excluding carboxylic acids is 1. The van der Waals surface area contributed by atoms with Crippen molar-refractivity contribution in [3.05, 3.63) is 0 Å². The van der Waals surface area contributed by atoms with Crippen LogP contribution in [0.4, 0.5) is 0 Å².